The molecule has 0 heterocycles. The zero-order valence-electron chi connectivity index (χ0n) is 12.2. The molecule has 112 valence electrons. The number of nitrogens with one attached hydrogen (secondary N) is 1. The number of hydrogen-bond donors (Lipinski definition) is 1. The third-order valence-corrected chi connectivity index (χ3v) is 2.80. The highest BCUT2D eigenvalue weighted by Crippen LogP contribution is 2.16. The molecule has 1 rings (SSSR count). The molecule has 0 aliphatic heterocycles. The van der Waals surface area contributed by atoms with Crippen LogP contribution < -0.4 is 10.1 Å². The van der Waals surface area contributed by atoms with Gasteiger partial charge < -0.3 is 15.0 Å². The van der Waals surface area contributed by atoms with Crippen molar-refractivity contribution in [2.75, 3.05) is 40.3 Å². The number of hydrogen-bond acceptors (Lipinski definition) is 5. The summed E-state index contributed by atoms with van der Waals surface area (Å²) >= 11 is 0. The molecule has 0 aliphatic rings. The fourth-order valence-electron chi connectivity index (χ4n) is 1.71. The first-order chi connectivity index (χ1) is 9.59. The van der Waals surface area contributed by atoms with Gasteiger partial charge in [0.2, 0.25) is 0 Å². The molecule has 0 aliphatic carbocycles. The van der Waals surface area contributed by atoms with E-state index in [0.29, 0.717) is 12.4 Å². The van der Waals surface area contributed by atoms with Crippen LogP contribution in [0.5, 0.6) is 5.75 Å². The summed E-state index contributed by atoms with van der Waals surface area (Å²) in [6.07, 6.45) is 2.33. The lowest BCUT2D eigenvalue weighted by molar-refractivity contribution is -0.384. The van der Waals surface area contributed by atoms with Gasteiger partial charge in [-0.15, -0.1) is 0 Å². The Morgan fingerprint density at radius 1 is 1.20 bits per heavy atom. The molecule has 1 aromatic carbocycles. The summed E-state index contributed by atoms with van der Waals surface area (Å²) in [5.41, 5.74) is 0.0800. The first-order valence-corrected chi connectivity index (χ1v) is 6.82. The van der Waals surface area contributed by atoms with E-state index in [2.05, 4.69) is 24.3 Å². The van der Waals surface area contributed by atoms with Gasteiger partial charge in [0.05, 0.1) is 4.92 Å². The Morgan fingerprint density at radius 2 is 1.90 bits per heavy atom. The molecule has 0 saturated heterocycles. The summed E-state index contributed by atoms with van der Waals surface area (Å²) in [6, 6.07) is 6.14. The van der Waals surface area contributed by atoms with Crippen molar-refractivity contribution in [3.05, 3.63) is 34.4 Å². The molecule has 0 fully saturated rings. The Balaban J connectivity index is 2.05. The van der Waals surface area contributed by atoms with E-state index in [-0.39, 0.29) is 5.69 Å². The summed E-state index contributed by atoms with van der Waals surface area (Å²) in [4.78, 5) is 12.3. The lowest BCUT2D eigenvalue weighted by Gasteiger charge is -2.10. The van der Waals surface area contributed by atoms with Gasteiger partial charge in [-0.2, -0.15) is 0 Å². The average molecular weight is 281 g/mol. The number of nitrogens with zero attached hydrogens (tertiary/aromatic N) is 2. The second-order valence-corrected chi connectivity index (χ2v) is 4.86. The number of unbranched alkanes of at least 4 members (excludes halogenated alkanes) is 1. The number of benzene rings is 1. The van der Waals surface area contributed by atoms with Gasteiger partial charge in [-0.05, 0) is 52.2 Å². The van der Waals surface area contributed by atoms with Gasteiger partial charge >= 0.3 is 0 Å². The van der Waals surface area contributed by atoms with E-state index in [0.717, 1.165) is 26.1 Å². The van der Waals surface area contributed by atoms with Crippen LogP contribution in [0.25, 0.3) is 0 Å². The van der Waals surface area contributed by atoms with Crippen LogP contribution in [-0.2, 0) is 0 Å². The number of non-ortho nitro benzene ring substituents is 1. The predicted octanol–water partition coefficient (Wildman–Crippen LogP) is 1.90. The minimum absolute atomic E-state index is 0.0800. The van der Waals surface area contributed by atoms with Crippen molar-refractivity contribution < 1.29 is 9.66 Å². The molecule has 0 spiro atoms. The van der Waals surface area contributed by atoms with E-state index in [9.17, 15) is 10.1 Å². The van der Waals surface area contributed by atoms with Crippen molar-refractivity contribution >= 4 is 5.69 Å². The zero-order chi connectivity index (χ0) is 14.8. The minimum Gasteiger partial charge on any atom is -0.492 e. The van der Waals surface area contributed by atoms with Gasteiger partial charge in [0.1, 0.15) is 12.4 Å². The molecule has 0 atom stereocenters. The molecule has 0 aromatic heterocycles. The van der Waals surface area contributed by atoms with Crippen molar-refractivity contribution in [2.45, 2.75) is 12.8 Å². The molecule has 6 nitrogen and oxygen atoms in total. The highest BCUT2D eigenvalue weighted by Gasteiger charge is 2.03. The Bertz CT molecular complexity index is 393. The first kappa shape index (κ1) is 16.4. The molecule has 0 saturated carbocycles. The number of rotatable bonds is 10. The molecule has 1 N–H and O–H groups in total. The third-order valence-electron chi connectivity index (χ3n) is 2.80. The molecule has 0 amide bonds. The monoisotopic (exact) mass is 281 g/mol. The fraction of sp³-hybridized carbons (Fsp3) is 0.571. The van der Waals surface area contributed by atoms with Crippen LogP contribution in [0.3, 0.4) is 0 Å². The molecule has 20 heavy (non-hydrogen) atoms. The standard InChI is InChI=1S/C14H23N3O3/c1-16(2)11-4-3-9-15-10-12-20-14-7-5-13(6-8-14)17(18)19/h5-8,15H,3-4,9-12H2,1-2H3. The number of nitro groups is 1. The van der Waals surface area contributed by atoms with Gasteiger partial charge in [-0.3, -0.25) is 10.1 Å². The molecular weight excluding hydrogens is 258 g/mol. The smallest absolute Gasteiger partial charge is 0.269 e. The van der Waals surface area contributed by atoms with Crippen LogP contribution in [0.15, 0.2) is 24.3 Å². The first-order valence-electron chi connectivity index (χ1n) is 6.82. The number of ether oxygens (including phenoxy) is 1. The maximum absolute atomic E-state index is 10.5. The zero-order valence-corrected chi connectivity index (χ0v) is 12.2. The van der Waals surface area contributed by atoms with Gasteiger partial charge in [0.15, 0.2) is 0 Å². The topological polar surface area (TPSA) is 67.6 Å². The van der Waals surface area contributed by atoms with E-state index >= 15 is 0 Å². The average Bonchev–Trinajstić information content (AvgIpc) is 2.42. The quantitative estimate of drug-likeness (QED) is 0.403. The van der Waals surface area contributed by atoms with Gasteiger partial charge in [0, 0.05) is 18.7 Å². The SMILES string of the molecule is CN(C)CCCCNCCOc1ccc([N+](=O)[O-])cc1. The molecule has 6 heteroatoms. The van der Waals surface area contributed by atoms with E-state index in [4.69, 9.17) is 4.74 Å². The van der Waals surface area contributed by atoms with Crippen LogP contribution in [0, 0.1) is 10.1 Å². The van der Waals surface area contributed by atoms with Gasteiger partial charge in [-0.25, -0.2) is 0 Å². The summed E-state index contributed by atoms with van der Waals surface area (Å²) in [5, 5.41) is 13.8. The molecule has 0 bridgehead atoms. The van der Waals surface area contributed by atoms with Crippen LogP contribution in [0.1, 0.15) is 12.8 Å². The molecule has 1 aromatic rings. The van der Waals surface area contributed by atoms with E-state index in [1.807, 2.05) is 0 Å². The third kappa shape index (κ3) is 7.06. The van der Waals surface area contributed by atoms with Gasteiger partial charge in [0.25, 0.3) is 5.69 Å². The maximum atomic E-state index is 10.5. The summed E-state index contributed by atoms with van der Waals surface area (Å²) < 4.78 is 5.49. The summed E-state index contributed by atoms with van der Waals surface area (Å²) in [6.45, 7) is 3.43. The van der Waals surface area contributed by atoms with Crippen LogP contribution in [0.2, 0.25) is 0 Å². The molecule has 0 unspecified atom stereocenters. The van der Waals surface area contributed by atoms with Crippen LogP contribution >= 0.6 is 0 Å². The Morgan fingerprint density at radius 3 is 2.50 bits per heavy atom. The van der Waals surface area contributed by atoms with Crippen LogP contribution in [0.4, 0.5) is 5.69 Å². The van der Waals surface area contributed by atoms with Crippen molar-refractivity contribution in [3.8, 4) is 5.75 Å². The van der Waals surface area contributed by atoms with Crippen LogP contribution in [-0.4, -0.2) is 50.2 Å². The largest absolute Gasteiger partial charge is 0.492 e. The van der Waals surface area contributed by atoms with Crippen molar-refractivity contribution in [2.24, 2.45) is 0 Å². The predicted molar refractivity (Wildman–Crippen MR) is 79.2 cm³/mol. The summed E-state index contributed by atoms with van der Waals surface area (Å²) in [5.74, 6) is 0.657. The normalized spacial score (nSPS) is 10.8. The number of nitro benzene ring substituents is 1. The lowest BCUT2D eigenvalue weighted by atomic mass is 10.3. The molecular formula is C14H23N3O3. The highest BCUT2D eigenvalue weighted by molar-refractivity contribution is 5.35. The van der Waals surface area contributed by atoms with Crippen molar-refractivity contribution in [1.82, 2.24) is 10.2 Å². The van der Waals surface area contributed by atoms with Crippen molar-refractivity contribution in [3.63, 3.8) is 0 Å². The van der Waals surface area contributed by atoms with Crippen molar-refractivity contribution in [1.29, 1.82) is 0 Å². The Labute approximate surface area is 119 Å². The maximum Gasteiger partial charge on any atom is 0.269 e. The summed E-state index contributed by atoms with van der Waals surface area (Å²) in [7, 11) is 4.15. The highest BCUT2D eigenvalue weighted by atomic mass is 16.6. The fourth-order valence-corrected chi connectivity index (χ4v) is 1.71. The lowest BCUT2D eigenvalue weighted by Crippen LogP contribution is -2.23. The second-order valence-electron chi connectivity index (χ2n) is 4.86. The van der Waals surface area contributed by atoms with E-state index in [1.165, 1.54) is 18.6 Å². The van der Waals surface area contributed by atoms with E-state index in [1.54, 1.807) is 12.1 Å². The van der Waals surface area contributed by atoms with Gasteiger partial charge in [-0.1, -0.05) is 0 Å². The minimum atomic E-state index is -0.418. The van der Waals surface area contributed by atoms with E-state index < -0.39 is 4.92 Å². The Kier molecular flexibility index (Phi) is 7.60. The second kappa shape index (κ2) is 9.28. The Hall–Kier alpha value is -1.66. The molecule has 0 radical (unpaired) electrons.